The normalized spacial score (nSPS) is 22.3. The second kappa shape index (κ2) is 13.1. The van der Waals surface area contributed by atoms with Gasteiger partial charge in [0, 0.05) is 24.4 Å². The number of ether oxygens (including phenoxy) is 3. The molecule has 0 radical (unpaired) electrons. The summed E-state index contributed by atoms with van der Waals surface area (Å²) in [5.74, 6) is 0.580. The summed E-state index contributed by atoms with van der Waals surface area (Å²) < 4.78 is 99.3. The molecule has 2 heterocycles. The highest BCUT2D eigenvalue weighted by Gasteiger charge is 2.71. The van der Waals surface area contributed by atoms with Crippen LogP contribution in [0.5, 0.6) is 5.75 Å². The van der Waals surface area contributed by atoms with Crippen LogP contribution in [0.4, 0.5) is 31.1 Å². The topological polar surface area (TPSA) is 97.3 Å². The van der Waals surface area contributed by atoms with Crippen molar-refractivity contribution < 1.29 is 55.2 Å². The van der Waals surface area contributed by atoms with Crippen molar-refractivity contribution in [1.82, 2.24) is 10.2 Å². The summed E-state index contributed by atoms with van der Waals surface area (Å²) in [6.07, 6.45) is -6.65. The van der Waals surface area contributed by atoms with Gasteiger partial charge in [0.1, 0.15) is 30.3 Å². The van der Waals surface area contributed by atoms with E-state index in [1.54, 1.807) is 26.8 Å². The molecule has 250 valence electrons. The van der Waals surface area contributed by atoms with Gasteiger partial charge in [-0.3, -0.25) is 9.69 Å². The minimum Gasteiger partial charge on any atom is -0.493 e. The Morgan fingerprint density at radius 1 is 1.00 bits per heavy atom. The summed E-state index contributed by atoms with van der Waals surface area (Å²) in [6.45, 7) is 5.93. The number of nitrogens with one attached hydrogen (secondary N) is 1. The fourth-order valence-corrected chi connectivity index (χ4v) is 6.12. The number of carbonyl (C=O) groups excluding carboxylic acids is 2. The van der Waals surface area contributed by atoms with Crippen LogP contribution in [0.3, 0.4) is 0 Å². The largest absolute Gasteiger partial charge is 0.493 e. The van der Waals surface area contributed by atoms with Crippen molar-refractivity contribution in [3.8, 4) is 5.75 Å². The number of aliphatic hydroxyl groups is 1. The first-order valence-corrected chi connectivity index (χ1v) is 15.1. The Kier molecular flexibility index (Phi) is 10.1. The van der Waals surface area contributed by atoms with E-state index in [1.807, 2.05) is 6.08 Å². The molecule has 2 N–H and O–H groups in total. The summed E-state index contributed by atoms with van der Waals surface area (Å²) in [5.41, 5.74) is -7.38. The number of alkyl halides is 6. The van der Waals surface area contributed by atoms with Gasteiger partial charge >= 0.3 is 18.4 Å². The number of carbonyl (C=O) groups is 2. The lowest BCUT2D eigenvalue weighted by molar-refractivity contribution is -0.376. The average Bonchev–Trinajstić information content (AvgIpc) is 3.23. The van der Waals surface area contributed by atoms with Crippen LogP contribution >= 0.6 is 0 Å². The second-order valence-corrected chi connectivity index (χ2v) is 11.4. The molecule has 1 aromatic carbocycles. The molecular formula is C31H38F6N2O6. The Bertz CT molecular complexity index is 1300. The molecule has 3 amide bonds. The monoisotopic (exact) mass is 648 g/mol. The fourth-order valence-electron chi connectivity index (χ4n) is 6.12. The number of hydrogen-bond acceptors (Lipinski definition) is 6. The van der Waals surface area contributed by atoms with E-state index in [4.69, 9.17) is 14.2 Å². The predicted molar refractivity (Wildman–Crippen MR) is 150 cm³/mol. The van der Waals surface area contributed by atoms with Crippen LogP contribution in [-0.4, -0.2) is 66.2 Å². The molecule has 0 aromatic heterocycles. The number of nitrogens with zero attached hydrogens (tertiary/aromatic N) is 1. The summed E-state index contributed by atoms with van der Waals surface area (Å²) in [6, 6.07) is 0.828. The molecule has 1 aliphatic carbocycles. The number of allylic oxidation sites excluding steroid dienone is 2. The molecule has 1 fully saturated rings. The Morgan fingerprint density at radius 2 is 1.60 bits per heavy atom. The first-order chi connectivity index (χ1) is 21.1. The maximum Gasteiger partial charge on any atom is 0.430 e. The van der Waals surface area contributed by atoms with Crippen LogP contribution in [0.2, 0.25) is 0 Å². The number of benzene rings is 1. The number of urea groups is 1. The zero-order valence-electron chi connectivity index (χ0n) is 25.4. The number of amides is 3. The lowest BCUT2D eigenvalue weighted by Gasteiger charge is -2.36. The van der Waals surface area contributed by atoms with E-state index in [-0.39, 0.29) is 55.2 Å². The van der Waals surface area contributed by atoms with Crippen molar-refractivity contribution in [3.63, 3.8) is 0 Å². The molecule has 0 spiro atoms. The molecule has 0 saturated carbocycles. The molecule has 4 rings (SSSR count). The van der Waals surface area contributed by atoms with E-state index in [0.29, 0.717) is 62.5 Å². The maximum absolute atomic E-state index is 13.7. The third-order valence-corrected chi connectivity index (χ3v) is 8.46. The fraction of sp³-hybridized carbons (Fsp3) is 0.613. The Labute approximate surface area is 257 Å². The number of imide groups is 1. The smallest absolute Gasteiger partial charge is 0.430 e. The van der Waals surface area contributed by atoms with Gasteiger partial charge in [-0.15, -0.1) is 0 Å². The van der Waals surface area contributed by atoms with Crippen LogP contribution in [0.1, 0.15) is 69.6 Å². The lowest BCUT2D eigenvalue weighted by atomic mass is 9.77. The molecule has 1 aromatic rings. The Morgan fingerprint density at radius 3 is 2.16 bits per heavy atom. The van der Waals surface area contributed by atoms with Gasteiger partial charge < -0.3 is 24.6 Å². The molecule has 8 nitrogen and oxygen atoms in total. The highest BCUT2D eigenvalue weighted by Crippen LogP contribution is 2.51. The van der Waals surface area contributed by atoms with E-state index in [1.165, 1.54) is 0 Å². The van der Waals surface area contributed by atoms with Crippen LogP contribution < -0.4 is 10.1 Å². The molecule has 0 bridgehead atoms. The molecular weight excluding hydrogens is 610 g/mol. The first kappa shape index (κ1) is 34.5. The molecule has 2 atom stereocenters. The molecule has 1 saturated heterocycles. The van der Waals surface area contributed by atoms with Gasteiger partial charge in [0.05, 0.1) is 6.61 Å². The summed E-state index contributed by atoms with van der Waals surface area (Å²) in [7, 11) is 0. The van der Waals surface area contributed by atoms with E-state index in [2.05, 4.69) is 5.32 Å². The highest BCUT2D eigenvalue weighted by molar-refractivity contribution is 6.07. The van der Waals surface area contributed by atoms with Crippen molar-refractivity contribution in [2.24, 2.45) is 5.92 Å². The quantitative estimate of drug-likeness (QED) is 0.159. The van der Waals surface area contributed by atoms with E-state index >= 15 is 0 Å². The second-order valence-electron chi connectivity index (χ2n) is 11.4. The van der Waals surface area contributed by atoms with E-state index in [0.717, 1.165) is 4.90 Å². The van der Waals surface area contributed by atoms with Crippen molar-refractivity contribution in [1.29, 1.82) is 0 Å². The minimum absolute atomic E-state index is 0.0252. The zero-order chi connectivity index (χ0) is 33.2. The number of aryl methyl sites for hydroxylation is 2. The molecule has 3 aliphatic rings. The lowest BCUT2D eigenvalue weighted by Crippen LogP contribution is -2.54. The van der Waals surface area contributed by atoms with Crippen LogP contribution in [0, 0.1) is 5.92 Å². The number of halogens is 6. The van der Waals surface area contributed by atoms with Crippen molar-refractivity contribution in [3.05, 3.63) is 52.5 Å². The van der Waals surface area contributed by atoms with Gasteiger partial charge in [0.2, 0.25) is 0 Å². The Balaban J connectivity index is 1.51. The van der Waals surface area contributed by atoms with E-state index < -0.39 is 41.0 Å². The highest BCUT2D eigenvalue weighted by atomic mass is 19.4. The molecule has 14 heteroatoms. The predicted octanol–water partition coefficient (Wildman–Crippen LogP) is 6.21. The maximum atomic E-state index is 13.7. The third kappa shape index (κ3) is 6.34. The molecule has 2 unspecified atom stereocenters. The Hall–Kier alpha value is -3.42. The van der Waals surface area contributed by atoms with Crippen LogP contribution in [-0.2, 0) is 32.7 Å². The van der Waals surface area contributed by atoms with Crippen LogP contribution in [0.25, 0.3) is 0 Å². The molecule has 45 heavy (non-hydrogen) atoms. The first-order valence-electron chi connectivity index (χ1n) is 15.1. The van der Waals surface area contributed by atoms with Gasteiger partial charge in [-0.1, -0.05) is 39.7 Å². The minimum atomic E-state index is -6.01. The standard InChI is InChI=1S/C31H38F6N2O6/c1-4-8-19-16-22(29(42,30(32,33)34)31(35,36)37)17-20(9-5-2)25(19)45-13-7-12-39-26(40)28(6-3,38-27(39)41)21-10-11-23-24(18-21)44-15-14-43-23/h10-11,16-17,21,42H,4-9,12-15,18H2,1-3H3,(H,38,41). The van der Waals surface area contributed by atoms with Crippen molar-refractivity contribution >= 4 is 11.9 Å². The van der Waals surface area contributed by atoms with Gasteiger partial charge in [-0.2, -0.15) is 26.3 Å². The van der Waals surface area contributed by atoms with Crippen molar-refractivity contribution in [2.75, 3.05) is 26.4 Å². The van der Waals surface area contributed by atoms with Crippen molar-refractivity contribution in [2.45, 2.75) is 89.2 Å². The summed E-state index contributed by atoms with van der Waals surface area (Å²) in [5, 5.41) is 12.9. The average molecular weight is 649 g/mol. The van der Waals surface area contributed by atoms with Gasteiger partial charge in [0.15, 0.2) is 5.76 Å². The number of hydrogen-bond donors (Lipinski definition) is 2. The summed E-state index contributed by atoms with van der Waals surface area (Å²) >= 11 is 0. The van der Waals surface area contributed by atoms with Gasteiger partial charge in [-0.05, 0) is 55.0 Å². The summed E-state index contributed by atoms with van der Waals surface area (Å²) in [4.78, 5) is 27.7. The molecule has 2 aliphatic heterocycles. The number of rotatable bonds is 12. The van der Waals surface area contributed by atoms with Crippen LogP contribution in [0.15, 0.2) is 35.8 Å². The SMILES string of the molecule is CCCc1cc(C(O)(C(F)(F)F)C(F)(F)F)cc(CCC)c1OCCCN1C(=O)NC(CC)(C2C=CC3=C(C2)OCCO3)C1=O. The van der Waals surface area contributed by atoms with Gasteiger partial charge in [0.25, 0.3) is 11.5 Å². The zero-order valence-corrected chi connectivity index (χ0v) is 25.4. The van der Waals surface area contributed by atoms with E-state index in [9.17, 15) is 41.0 Å². The van der Waals surface area contributed by atoms with Gasteiger partial charge in [-0.25, -0.2) is 4.79 Å². The third-order valence-electron chi connectivity index (χ3n) is 8.46.